The zero-order valence-corrected chi connectivity index (χ0v) is 19.7. The van der Waals surface area contributed by atoms with E-state index in [0.717, 1.165) is 23.2 Å². The number of methoxy groups -OCH3 is 1. The average Bonchev–Trinajstić information content (AvgIpc) is 2.85. The third-order valence-corrected chi connectivity index (χ3v) is 6.84. The van der Waals surface area contributed by atoms with Gasteiger partial charge in [-0.15, -0.1) is 0 Å². The van der Waals surface area contributed by atoms with Gasteiger partial charge in [0, 0.05) is 42.3 Å². The lowest BCUT2D eigenvalue weighted by Gasteiger charge is -2.43. The number of fused-ring (bicyclic) bond motifs is 4. The van der Waals surface area contributed by atoms with E-state index in [2.05, 4.69) is 5.32 Å². The summed E-state index contributed by atoms with van der Waals surface area (Å²) in [5, 5.41) is 3.69. The third kappa shape index (κ3) is 4.46. The molecular weight excluding hydrogens is 450 g/mol. The number of rotatable bonds is 4. The van der Waals surface area contributed by atoms with E-state index < -0.39 is 0 Å². The largest absolute Gasteiger partial charge is 0.495 e. The van der Waals surface area contributed by atoms with Crippen molar-refractivity contribution in [3.8, 4) is 5.75 Å². The number of carbonyl (C=O) groups is 1. The Morgan fingerprint density at radius 2 is 1.82 bits per heavy atom. The van der Waals surface area contributed by atoms with Crippen LogP contribution in [0.3, 0.4) is 0 Å². The Morgan fingerprint density at radius 1 is 1.03 bits per heavy atom. The summed E-state index contributed by atoms with van der Waals surface area (Å²) in [5.41, 5.74) is 3.70. The number of benzene rings is 2. The maximum Gasteiger partial charge on any atom is 0.321 e. The van der Waals surface area contributed by atoms with Crippen LogP contribution in [0.5, 0.6) is 5.75 Å². The molecule has 1 aromatic heterocycles. The minimum atomic E-state index is -0.149. The van der Waals surface area contributed by atoms with Crippen molar-refractivity contribution in [1.82, 2.24) is 9.47 Å². The number of carbonyl (C=O) groups excluding carboxylic acids is 1. The van der Waals surface area contributed by atoms with Crippen LogP contribution in [0.25, 0.3) is 12.2 Å². The predicted molar refractivity (Wildman–Crippen MR) is 136 cm³/mol. The molecule has 1 saturated heterocycles. The molecule has 0 spiro atoms. The molecule has 0 saturated carbocycles. The van der Waals surface area contributed by atoms with Gasteiger partial charge < -0.3 is 19.5 Å². The second-order valence-corrected chi connectivity index (χ2v) is 9.28. The number of urea groups is 1. The molecule has 2 bridgehead atoms. The van der Waals surface area contributed by atoms with E-state index in [4.69, 9.17) is 16.3 Å². The van der Waals surface area contributed by atoms with E-state index >= 15 is 0 Å². The number of ether oxygens (including phenoxy) is 1. The molecule has 2 aliphatic heterocycles. The van der Waals surface area contributed by atoms with E-state index in [1.807, 2.05) is 76.2 Å². The lowest BCUT2D eigenvalue weighted by Crippen LogP contribution is -2.50. The molecule has 2 unspecified atom stereocenters. The summed E-state index contributed by atoms with van der Waals surface area (Å²) < 4.78 is 7.27. The van der Waals surface area contributed by atoms with Crippen LogP contribution in [0, 0.1) is 5.92 Å². The lowest BCUT2D eigenvalue weighted by molar-refractivity contribution is 0.139. The first-order chi connectivity index (χ1) is 16.5. The lowest BCUT2D eigenvalue weighted by atomic mass is 9.81. The molecule has 5 rings (SSSR count). The Balaban J connectivity index is 1.41. The molecule has 0 aliphatic carbocycles. The number of likely N-dealkylation sites (tertiary alicyclic amines) is 1. The summed E-state index contributed by atoms with van der Waals surface area (Å²) in [4.78, 5) is 27.7. The topological polar surface area (TPSA) is 63.6 Å². The van der Waals surface area contributed by atoms with Crippen LogP contribution in [0.2, 0.25) is 5.02 Å². The first-order valence-electron chi connectivity index (χ1n) is 11.4. The minimum absolute atomic E-state index is 0.0141. The number of nitrogens with zero attached hydrogens (tertiary/aromatic N) is 2. The van der Waals surface area contributed by atoms with Gasteiger partial charge in [0.05, 0.1) is 12.8 Å². The number of amides is 2. The fourth-order valence-electron chi connectivity index (χ4n) is 5.06. The first kappa shape index (κ1) is 22.3. The second kappa shape index (κ2) is 9.39. The highest BCUT2D eigenvalue weighted by Crippen LogP contribution is 2.37. The normalized spacial score (nSPS) is 19.1. The molecule has 34 heavy (non-hydrogen) atoms. The van der Waals surface area contributed by atoms with E-state index in [9.17, 15) is 9.59 Å². The predicted octanol–water partition coefficient (Wildman–Crippen LogP) is 5.33. The molecule has 2 aliphatic rings. The monoisotopic (exact) mass is 475 g/mol. The summed E-state index contributed by atoms with van der Waals surface area (Å²) in [6, 6.07) is 18.4. The number of aromatic nitrogens is 1. The van der Waals surface area contributed by atoms with Crippen LogP contribution in [-0.2, 0) is 6.54 Å². The zero-order valence-electron chi connectivity index (χ0n) is 18.9. The van der Waals surface area contributed by atoms with Crippen molar-refractivity contribution in [1.29, 1.82) is 0 Å². The SMILES string of the molecule is COc1ccccc1NC(=O)N1CC2CC(C1)c1c(C=Cc3ccc(Cl)cc3)ccc(=O)n1C2. The molecule has 3 heterocycles. The summed E-state index contributed by atoms with van der Waals surface area (Å²) in [5.74, 6) is 0.956. The maximum atomic E-state index is 13.1. The van der Waals surface area contributed by atoms with Gasteiger partial charge in [0.25, 0.3) is 5.56 Å². The quantitative estimate of drug-likeness (QED) is 0.554. The molecule has 0 radical (unpaired) electrons. The molecule has 2 aromatic carbocycles. The van der Waals surface area contributed by atoms with Gasteiger partial charge in [0.2, 0.25) is 0 Å². The molecule has 2 atom stereocenters. The third-order valence-electron chi connectivity index (χ3n) is 6.58. The van der Waals surface area contributed by atoms with Gasteiger partial charge >= 0.3 is 6.03 Å². The van der Waals surface area contributed by atoms with Gasteiger partial charge in [-0.2, -0.15) is 0 Å². The number of hydrogen-bond donors (Lipinski definition) is 1. The zero-order chi connectivity index (χ0) is 23.7. The molecule has 2 amide bonds. The average molecular weight is 476 g/mol. The molecular formula is C27H26ClN3O3. The van der Waals surface area contributed by atoms with Crippen molar-refractivity contribution >= 4 is 35.5 Å². The van der Waals surface area contributed by atoms with Crippen molar-refractivity contribution in [2.45, 2.75) is 18.9 Å². The Bertz CT molecular complexity index is 1300. The van der Waals surface area contributed by atoms with Crippen molar-refractivity contribution in [2.24, 2.45) is 5.92 Å². The number of para-hydroxylation sites is 2. The minimum Gasteiger partial charge on any atom is -0.495 e. The Hall–Kier alpha value is -3.51. The van der Waals surface area contributed by atoms with E-state index in [0.29, 0.717) is 36.1 Å². The van der Waals surface area contributed by atoms with Crippen LogP contribution in [-0.4, -0.2) is 35.7 Å². The van der Waals surface area contributed by atoms with Crippen LogP contribution in [0.1, 0.15) is 29.2 Å². The van der Waals surface area contributed by atoms with Crippen molar-refractivity contribution in [3.63, 3.8) is 0 Å². The summed E-state index contributed by atoms with van der Waals surface area (Å²) in [7, 11) is 1.59. The van der Waals surface area contributed by atoms with E-state index in [1.165, 1.54) is 0 Å². The molecule has 6 nitrogen and oxygen atoms in total. The van der Waals surface area contributed by atoms with Gasteiger partial charge in [0.1, 0.15) is 5.75 Å². The second-order valence-electron chi connectivity index (χ2n) is 8.84. The van der Waals surface area contributed by atoms with Crippen molar-refractivity contribution < 1.29 is 9.53 Å². The van der Waals surface area contributed by atoms with E-state index in [-0.39, 0.29) is 23.4 Å². The fraction of sp³-hybridized carbons (Fsp3) is 0.259. The highest BCUT2D eigenvalue weighted by atomic mass is 35.5. The fourth-order valence-corrected chi connectivity index (χ4v) is 5.18. The molecule has 1 N–H and O–H groups in total. The van der Waals surface area contributed by atoms with Gasteiger partial charge in [-0.1, -0.05) is 48.0 Å². The van der Waals surface area contributed by atoms with E-state index in [1.54, 1.807) is 13.2 Å². The molecule has 7 heteroatoms. The number of anilines is 1. The van der Waals surface area contributed by atoms with Crippen LogP contribution >= 0.6 is 11.6 Å². The van der Waals surface area contributed by atoms with Crippen LogP contribution in [0.4, 0.5) is 10.5 Å². The Kier molecular flexibility index (Phi) is 6.16. The number of hydrogen-bond acceptors (Lipinski definition) is 3. The summed E-state index contributed by atoms with van der Waals surface area (Å²) in [6.45, 7) is 1.79. The standard InChI is InChI=1S/C27H26ClN3O3/c1-34-24-5-3-2-4-23(24)29-27(33)30-15-19-14-21(17-30)26-20(10-13-25(32)31(26)16-19)9-6-18-7-11-22(28)12-8-18/h2-13,19,21H,14-17H2,1H3,(H,29,33). The summed E-state index contributed by atoms with van der Waals surface area (Å²) in [6.07, 6.45) is 5.03. The highest BCUT2D eigenvalue weighted by molar-refractivity contribution is 6.30. The van der Waals surface area contributed by atoms with Gasteiger partial charge in [-0.25, -0.2) is 4.79 Å². The number of pyridine rings is 1. The smallest absolute Gasteiger partial charge is 0.321 e. The maximum absolute atomic E-state index is 13.1. The van der Waals surface area contributed by atoms with Gasteiger partial charge in [-0.3, -0.25) is 4.79 Å². The van der Waals surface area contributed by atoms with Crippen LogP contribution < -0.4 is 15.6 Å². The number of nitrogens with one attached hydrogen (secondary N) is 1. The van der Waals surface area contributed by atoms with Crippen molar-refractivity contribution in [3.05, 3.63) is 92.9 Å². The Labute approximate surface area is 203 Å². The molecule has 3 aromatic rings. The molecule has 174 valence electrons. The Morgan fingerprint density at radius 3 is 2.62 bits per heavy atom. The van der Waals surface area contributed by atoms with Crippen LogP contribution in [0.15, 0.2) is 65.5 Å². The number of piperidine rings is 1. The number of halogens is 1. The van der Waals surface area contributed by atoms with Gasteiger partial charge in [0.15, 0.2) is 0 Å². The van der Waals surface area contributed by atoms with Gasteiger partial charge in [-0.05, 0) is 53.8 Å². The first-order valence-corrected chi connectivity index (χ1v) is 11.8. The van der Waals surface area contributed by atoms with Crippen molar-refractivity contribution in [2.75, 3.05) is 25.5 Å². The molecule has 1 fully saturated rings. The highest BCUT2D eigenvalue weighted by Gasteiger charge is 2.37. The summed E-state index contributed by atoms with van der Waals surface area (Å²) >= 11 is 6.00.